The van der Waals surface area contributed by atoms with Gasteiger partial charge in [-0.15, -0.1) is 0 Å². The number of imide groups is 2. The number of unbranched alkanes of at least 4 members (excludes halogenated alkanes) is 1. The predicted molar refractivity (Wildman–Crippen MR) is 125 cm³/mol. The molecule has 1 aromatic rings. The van der Waals surface area contributed by atoms with Gasteiger partial charge in [-0.05, 0) is 49.6 Å². The highest BCUT2D eigenvalue weighted by atomic mass is 16.5. The second-order valence-electron chi connectivity index (χ2n) is 8.07. The van der Waals surface area contributed by atoms with Gasteiger partial charge in [0, 0.05) is 24.3 Å². The van der Waals surface area contributed by atoms with E-state index in [4.69, 9.17) is 9.47 Å². The maximum atomic E-state index is 12.2. The van der Waals surface area contributed by atoms with Crippen molar-refractivity contribution in [3.63, 3.8) is 0 Å². The molecule has 0 N–H and O–H groups in total. The second-order valence-corrected chi connectivity index (χ2v) is 8.07. The van der Waals surface area contributed by atoms with Gasteiger partial charge in [0.15, 0.2) is 0 Å². The van der Waals surface area contributed by atoms with Crippen molar-refractivity contribution in [3.8, 4) is 0 Å². The number of benzene rings is 1. The molecule has 0 spiro atoms. The van der Waals surface area contributed by atoms with E-state index in [0.717, 1.165) is 9.80 Å². The van der Waals surface area contributed by atoms with Crippen molar-refractivity contribution in [3.05, 3.63) is 77.9 Å². The van der Waals surface area contributed by atoms with Crippen LogP contribution in [0, 0.1) is 0 Å². The van der Waals surface area contributed by atoms with Crippen molar-refractivity contribution in [2.24, 2.45) is 0 Å². The molecule has 4 rings (SSSR count). The lowest BCUT2D eigenvalue weighted by Crippen LogP contribution is -2.39. The maximum absolute atomic E-state index is 12.2. The zero-order chi connectivity index (χ0) is 25.7. The van der Waals surface area contributed by atoms with Crippen LogP contribution in [0.2, 0.25) is 0 Å². The summed E-state index contributed by atoms with van der Waals surface area (Å²) in [7, 11) is 0. The third-order valence-electron chi connectivity index (χ3n) is 5.66. The van der Waals surface area contributed by atoms with E-state index >= 15 is 0 Å². The quantitative estimate of drug-likeness (QED) is 0.291. The van der Waals surface area contributed by atoms with Crippen LogP contribution in [0.15, 0.2) is 72.4 Å². The second kappa shape index (κ2) is 10.8. The first-order valence-corrected chi connectivity index (χ1v) is 11.3. The van der Waals surface area contributed by atoms with Gasteiger partial charge in [0.05, 0.1) is 36.1 Å². The molecule has 1 aromatic carbocycles. The van der Waals surface area contributed by atoms with E-state index in [1.807, 2.05) is 0 Å². The predicted octanol–water partition coefficient (Wildman–Crippen LogP) is 1.78. The first-order chi connectivity index (χ1) is 17.3. The van der Waals surface area contributed by atoms with Crippen LogP contribution in [0.1, 0.15) is 29.6 Å². The highest BCUT2D eigenvalue weighted by Gasteiger charge is 2.30. The van der Waals surface area contributed by atoms with Gasteiger partial charge in [-0.3, -0.25) is 24.1 Å². The van der Waals surface area contributed by atoms with Crippen LogP contribution in [-0.4, -0.2) is 59.7 Å². The Balaban J connectivity index is 1.13. The van der Waals surface area contributed by atoms with E-state index in [9.17, 15) is 28.8 Å². The molecule has 10 heteroatoms. The van der Waals surface area contributed by atoms with Crippen molar-refractivity contribution in [1.29, 1.82) is 0 Å². The lowest BCUT2D eigenvalue weighted by atomic mass is 10.0. The monoisotopic (exact) mass is 490 g/mol. The molecule has 10 nitrogen and oxygen atoms in total. The summed E-state index contributed by atoms with van der Waals surface area (Å²) in [5, 5.41) is 0. The average Bonchev–Trinajstić information content (AvgIpc) is 3.40. The molecule has 0 radical (unpaired) electrons. The Morgan fingerprint density at radius 1 is 0.750 bits per heavy atom. The number of nitrogens with zero attached hydrogens (tertiary/aromatic N) is 2. The third kappa shape index (κ3) is 5.38. The van der Waals surface area contributed by atoms with Gasteiger partial charge in [-0.2, -0.15) is 0 Å². The van der Waals surface area contributed by atoms with Crippen LogP contribution in [-0.2, 0) is 33.4 Å². The Morgan fingerprint density at radius 2 is 1.31 bits per heavy atom. The molecule has 0 fully saturated rings. The Bertz CT molecular complexity index is 1200. The van der Waals surface area contributed by atoms with Gasteiger partial charge in [-0.25, -0.2) is 14.5 Å². The van der Waals surface area contributed by atoms with E-state index < -0.39 is 29.8 Å². The minimum atomic E-state index is -0.548. The molecule has 36 heavy (non-hydrogen) atoms. The summed E-state index contributed by atoms with van der Waals surface area (Å²) in [6.07, 6.45) is 10.9. The Labute approximate surface area is 206 Å². The van der Waals surface area contributed by atoms with Crippen LogP contribution < -0.4 is 4.90 Å². The van der Waals surface area contributed by atoms with Crippen molar-refractivity contribution in [1.82, 2.24) is 4.90 Å². The van der Waals surface area contributed by atoms with E-state index in [0.29, 0.717) is 30.5 Å². The number of amides is 4. The number of esters is 2. The normalized spacial score (nSPS) is 18.8. The molecule has 0 bridgehead atoms. The standard InChI is InChI=1S/C26H22N2O8/c29-21-11-12-22(30)27(21)19-7-3-17(4-8-19)25(33)35-15-1-2-16-36-26(34)18-5-9-20(10-6-18)28-23(31)13-14-24(28)32/h3-9,11-14,20H,1-2,10,15-16H2. The Hall–Kier alpha value is -4.60. The first kappa shape index (κ1) is 24.5. The summed E-state index contributed by atoms with van der Waals surface area (Å²) >= 11 is 0. The molecule has 3 aliphatic rings. The molecule has 2 heterocycles. The van der Waals surface area contributed by atoms with Gasteiger partial charge >= 0.3 is 11.9 Å². The number of ether oxygens (including phenoxy) is 2. The molecular weight excluding hydrogens is 468 g/mol. The van der Waals surface area contributed by atoms with Gasteiger partial charge in [-0.1, -0.05) is 12.2 Å². The van der Waals surface area contributed by atoms with E-state index in [2.05, 4.69) is 0 Å². The third-order valence-corrected chi connectivity index (χ3v) is 5.66. The summed E-state index contributed by atoms with van der Waals surface area (Å²) in [6, 6.07) is 5.51. The van der Waals surface area contributed by atoms with Crippen LogP contribution >= 0.6 is 0 Å². The van der Waals surface area contributed by atoms with Crippen LogP contribution in [0.25, 0.3) is 0 Å². The molecule has 184 valence electrons. The SMILES string of the molecule is O=C(OCCCCOC(=O)c1ccc(N2C(=O)C=CC2=O)cc1)C1=CCC(N2C(=O)C=CC2=O)C=C1. The molecule has 0 saturated heterocycles. The van der Waals surface area contributed by atoms with Gasteiger partial charge in [0.1, 0.15) is 0 Å². The Morgan fingerprint density at radius 3 is 1.86 bits per heavy atom. The molecule has 1 atom stereocenters. The minimum absolute atomic E-state index is 0.126. The maximum Gasteiger partial charge on any atom is 0.338 e. The highest BCUT2D eigenvalue weighted by molar-refractivity contribution is 6.28. The smallest absolute Gasteiger partial charge is 0.338 e. The number of anilines is 1. The fourth-order valence-electron chi connectivity index (χ4n) is 3.79. The number of carbonyl (C=O) groups is 6. The van der Waals surface area contributed by atoms with Crippen LogP contribution in [0.3, 0.4) is 0 Å². The van der Waals surface area contributed by atoms with Crippen molar-refractivity contribution >= 4 is 41.3 Å². The average molecular weight is 490 g/mol. The van der Waals surface area contributed by atoms with Crippen molar-refractivity contribution in [2.75, 3.05) is 18.1 Å². The number of carbonyl (C=O) groups excluding carboxylic acids is 6. The van der Waals surface area contributed by atoms with Crippen molar-refractivity contribution < 1.29 is 38.2 Å². The molecule has 1 unspecified atom stereocenters. The summed E-state index contributed by atoms with van der Waals surface area (Å²) in [6.45, 7) is 0.264. The van der Waals surface area contributed by atoms with Crippen LogP contribution in [0.5, 0.6) is 0 Å². The lowest BCUT2D eigenvalue weighted by Gasteiger charge is -2.24. The van der Waals surface area contributed by atoms with Gasteiger partial charge in [0.2, 0.25) is 0 Å². The summed E-state index contributed by atoms with van der Waals surface area (Å²) in [5.41, 5.74) is 0.989. The Kier molecular flexibility index (Phi) is 7.33. The van der Waals surface area contributed by atoms with E-state index in [-0.39, 0.29) is 30.6 Å². The minimum Gasteiger partial charge on any atom is -0.462 e. The highest BCUT2D eigenvalue weighted by Crippen LogP contribution is 2.21. The number of hydrogen-bond donors (Lipinski definition) is 0. The summed E-state index contributed by atoms with van der Waals surface area (Å²) < 4.78 is 10.4. The van der Waals surface area contributed by atoms with Gasteiger partial charge in [0.25, 0.3) is 23.6 Å². The zero-order valence-corrected chi connectivity index (χ0v) is 19.1. The largest absolute Gasteiger partial charge is 0.462 e. The summed E-state index contributed by atoms with van der Waals surface area (Å²) in [5.74, 6) is -2.69. The lowest BCUT2D eigenvalue weighted by molar-refractivity contribution is -0.139. The van der Waals surface area contributed by atoms with E-state index in [1.165, 1.54) is 54.6 Å². The fraction of sp³-hybridized carbons (Fsp3) is 0.231. The topological polar surface area (TPSA) is 127 Å². The number of rotatable bonds is 9. The molecule has 0 aromatic heterocycles. The molecular formula is C26H22N2O8. The molecule has 1 aliphatic carbocycles. The molecule has 0 saturated carbocycles. The zero-order valence-electron chi connectivity index (χ0n) is 19.1. The number of hydrogen-bond acceptors (Lipinski definition) is 8. The van der Waals surface area contributed by atoms with Crippen molar-refractivity contribution in [2.45, 2.75) is 25.3 Å². The van der Waals surface area contributed by atoms with Crippen LogP contribution in [0.4, 0.5) is 5.69 Å². The molecule has 4 amide bonds. The van der Waals surface area contributed by atoms with E-state index in [1.54, 1.807) is 12.2 Å². The molecule has 2 aliphatic heterocycles. The van der Waals surface area contributed by atoms with Gasteiger partial charge < -0.3 is 9.47 Å². The first-order valence-electron chi connectivity index (χ1n) is 11.3. The fourth-order valence-corrected chi connectivity index (χ4v) is 3.79. The summed E-state index contributed by atoms with van der Waals surface area (Å²) in [4.78, 5) is 73.4.